The van der Waals surface area contributed by atoms with E-state index in [1.165, 1.54) is 0 Å². The molecule has 0 heterocycles. The first kappa shape index (κ1) is 21.1. The molecule has 7 heteroatoms. The van der Waals surface area contributed by atoms with Gasteiger partial charge in [-0.05, 0) is 19.1 Å². The van der Waals surface area contributed by atoms with E-state index < -0.39 is 0 Å². The van der Waals surface area contributed by atoms with Crippen molar-refractivity contribution < 1.29 is 9.53 Å². The van der Waals surface area contributed by atoms with Gasteiger partial charge in [0.2, 0.25) is 5.91 Å². The van der Waals surface area contributed by atoms with Crippen LogP contribution in [-0.2, 0) is 4.79 Å². The maximum Gasteiger partial charge on any atom is 0.241 e. The van der Waals surface area contributed by atoms with Gasteiger partial charge >= 0.3 is 0 Å². The molecule has 1 unspecified atom stereocenters. The number of anilines is 1. The van der Waals surface area contributed by atoms with Gasteiger partial charge in [0, 0.05) is 19.6 Å². The first-order valence-electron chi connectivity index (χ1n) is 5.92. The number of ether oxygens (including phenoxy) is 1. The minimum Gasteiger partial charge on any atom is -0.495 e. The largest absolute Gasteiger partial charge is 0.495 e. The summed E-state index contributed by atoms with van der Waals surface area (Å²) in [5.74, 6) is 0.721. The van der Waals surface area contributed by atoms with E-state index in [1.54, 1.807) is 19.1 Å². The van der Waals surface area contributed by atoms with Gasteiger partial charge in [0.25, 0.3) is 0 Å². The average Bonchev–Trinajstić information content (AvgIpc) is 2.43. The summed E-state index contributed by atoms with van der Waals surface area (Å²) in [6.45, 7) is 2.60. The molecule has 0 saturated heterocycles. The van der Waals surface area contributed by atoms with Gasteiger partial charge in [0.1, 0.15) is 5.75 Å². The third-order valence-corrected chi connectivity index (χ3v) is 2.93. The van der Waals surface area contributed by atoms with Crippen LogP contribution in [0.5, 0.6) is 5.75 Å². The zero-order valence-electron chi connectivity index (χ0n) is 12.0. The third kappa shape index (κ3) is 5.86. The van der Waals surface area contributed by atoms with E-state index in [1.807, 2.05) is 31.2 Å². The van der Waals surface area contributed by atoms with Crippen molar-refractivity contribution in [1.29, 1.82) is 0 Å². The Morgan fingerprint density at radius 1 is 1.40 bits per heavy atom. The Bertz CT molecular complexity index is 405. The van der Waals surface area contributed by atoms with Gasteiger partial charge in [-0.25, -0.2) is 0 Å². The number of rotatable bonds is 6. The smallest absolute Gasteiger partial charge is 0.241 e. The molecular weight excluding hydrogens is 301 g/mol. The fraction of sp³-hybridized carbons (Fsp3) is 0.462. The van der Waals surface area contributed by atoms with Crippen LogP contribution in [0.2, 0.25) is 0 Å². The number of carbonyl (C=O) groups excluding carboxylic acids is 1. The van der Waals surface area contributed by atoms with E-state index in [0.717, 1.165) is 11.4 Å². The highest BCUT2D eigenvalue weighted by atomic mass is 35.5. The predicted molar refractivity (Wildman–Crippen MR) is 87.3 cm³/mol. The van der Waals surface area contributed by atoms with Crippen LogP contribution in [0.1, 0.15) is 6.92 Å². The van der Waals surface area contributed by atoms with E-state index in [0.29, 0.717) is 6.54 Å². The van der Waals surface area contributed by atoms with E-state index >= 15 is 0 Å². The number of para-hydroxylation sites is 2. The Kier molecular flexibility index (Phi) is 11.2. The van der Waals surface area contributed by atoms with Crippen molar-refractivity contribution in [3.05, 3.63) is 24.3 Å². The minimum absolute atomic E-state index is 0. The lowest BCUT2D eigenvalue weighted by Gasteiger charge is -2.24. The number of nitrogens with two attached hydrogens (primary N) is 1. The molecule has 0 saturated carbocycles. The van der Waals surface area contributed by atoms with Crippen LogP contribution < -0.4 is 15.8 Å². The van der Waals surface area contributed by atoms with E-state index in [-0.39, 0.29) is 43.3 Å². The molecule has 1 aromatic carbocycles. The van der Waals surface area contributed by atoms with Gasteiger partial charge in [-0.1, -0.05) is 12.1 Å². The Morgan fingerprint density at radius 2 is 2.00 bits per heavy atom. The topological polar surface area (TPSA) is 67.6 Å². The summed E-state index contributed by atoms with van der Waals surface area (Å²) in [5, 5.41) is 3.07. The summed E-state index contributed by atoms with van der Waals surface area (Å²) in [6, 6.07) is 7.53. The molecule has 1 amide bonds. The van der Waals surface area contributed by atoms with Crippen LogP contribution in [-0.4, -0.2) is 44.1 Å². The number of amides is 1. The molecule has 0 spiro atoms. The molecule has 1 rings (SSSR count). The highest BCUT2D eigenvalue weighted by Crippen LogP contribution is 2.22. The summed E-state index contributed by atoms with van der Waals surface area (Å²) in [4.78, 5) is 13.5. The van der Waals surface area contributed by atoms with Crippen molar-refractivity contribution in [3.8, 4) is 5.75 Å². The van der Waals surface area contributed by atoms with Gasteiger partial charge < -0.3 is 20.7 Å². The summed E-state index contributed by atoms with van der Waals surface area (Å²) < 4.78 is 5.20. The highest BCUT2D eigenvalue weighted by Gasteiger charge is 2.14. The first-order chi connectivity index (χ1) is 8.60. The SMILES string of the molecule is COc1ccccc1NCC(=O)N(C)C(C)CN.Cl.Cl. The van der Waals surface area contributed by atoms with Crippen LogP contribution >= 0.6 is 24.8 Å². The first-order valence-corrected chi connectivity index (χ1v) is 5.92. The van der Waals surface area contributed by atoms with Crippen molar-refractivity contribution in [3.63, 3.8) is 0 Å². The Labute approximate surface area is 132 Å². The number of nitrogens with one attached hydrogen (secondary N) is 1. The molecule has 116 valence electrons. The lowest BCUT2D eigenvalue weighted by molar-refractivity contribution is -0.129. The number of halogens is 2. The summed E-state index contributed by atoms with van der Waals surface area (Å²) in [6.07, 6.45) is 0. The number of carbonyl (C=O) groups is 1. The van der Waals surface area contributed by atoms with E-state index in [4.69, 9.17) is 10.5 Å². The maximum atomic E-state index is 11.9. The number of methoxy groups -OCH3 is 1. The predicted octanol–water partition coefficient (Wildman–Crippen LogP) is 1.76. The number of hydrogen-bond acceptors (Lipinski definition) is 4. The van der Waals surface area contributed by atoms with Gasteiger partial charge in [0.05, 0.1) is 19.3 Å². The van der Waals surface area contributed by atoms with Crippen molar-refractivity contribution in [1.82, 2.24) is 4.90 Å². The standard InChI is InChI=1S/C13H21N3O2.2ClH/c1-10(8-14)16(2)13(17)9-15-11-6-4-5-7-12(11)18-3;;/h4-7,10,15H,8-9,14H2,1-3H3;2*1H. The third-order valence-electron chi connectivity index (χ3n) is 2.93. The quantitative estimate of drug-likeness (QED) is 0.837. The van der Waals surface area contributed by atoms with Crippen molar-refractivity contribution in [2.75, 3.05) is 32.6 Å². The molecule has 5 nitrogen and oxygen atoms in total. The van der Waals surface area contributed by atoms with Gasteiger partial charge in [-0.15, -0.1) is 24.8 Å². The molecule has 0 fully saturated rings. The fourth-order valence-corrected chi connectivity index (χ4v) is 1.49. The van der Waals surface area contributed by atoms with E-state index in [2.05, 4.69) is 5.32 Å². The Balaban J connectivity index is 0. The van der Waals surface area contributed by atoms with Crippen LogP contribution in [0.25, 0.3) is 0 Å². The normalized spacial score (nSPS) is 10.6. The van der Waals surface area contributed by atoms with E-state index in [9.17, 15) is 4.79 Å². The summed E-state index contributed by atoms with van der Waals surface area (Å²) in [7, 11) is 3.36. The second-order valence-corrected chi connectivity index (χ2v) is 4.14. The molecule has 1 aromatic rings. The maximum absolute atomic E-state index is 11.9. The molecule has 0 aliphatic carbocycles. The van der Waals surface area contributed by atoms with Crippen molar-refractivity contribution in [2.45, 2.75) is 13.0 Å². The highest BCUT2D eigenvalue weighted by molar-refractivity contribution is 5.85. The zero-order valence-corrected chi connectivity index (χ0v) is 13.6. The zero-order chi connectivity index (χ0) is 13.5. The van der Waals surface area contributed by atoms with Crippen LogP contribution in [0.4, 0.5) is 5.69 Å². The lowest BCUT2D eigenvalue weighted by atomic mass is 10.2. The lowest BCUT2D eigenvalue weighted by Crippen LogP contribution is -2.42. The monoisotopic (exact) mass is 323 g/mol. The van der Waals surface area contributed by atoms with Gasteiger partial charge in [-0.2, -0.15) is 0 Å². The molecule has 0 aliphatic heterocycles. The summed E-state index contributed by atoms with van der Waals surface area (Å²) >= 11 is 0. The van der Waals surface area contributed by atoms with Crippen LogP contribution in [0, 0.1) is 0 Å². The van der Waals surface area contributed by atoms with Gasteiger partial charge in [-0.3, -0.25) is 4.79 Å². The average molecular weight is 324 g/mol. The summed E-state index contributed by atoms with van der Waals surface area (Å²) in [5.41, 5.74) is 6.34. The second kappa shape index (κ2) is 10.6. The fourth-order valence-electron chi connectivity index (χ4n) is 1.49. The number of benzene rings is 1. The van der Waals surface area contributed by atoms with Crippen molar-refractivity contribution >= 4 is 36.4 Å². The number of nitrogens with zero attached hydrogens (tertiary/aromatic N) is 1. The molecule has 0 aliphatic rings. The number of hydrogen-bond donors (Lipinski definition) is 2. The van der Waals surface area contributed by atoms with Crippen molar-refractivity contribution in [2.24, 2.45) is 5.73 Å². The van der Waals surface area contributed by atoms with Gasteiger partial charge in [0.15, 0.2) is 0 Å². The Morgan fingerprint density at radius 3 is 2.55 bits per heavy atom. The minimum atomic E-state index is -0.00106. The molecule has 0 bridgehead atoms. The Hall–Kier alpha value is -1.17. The van der Waals surface area contributed by atoms with Crippen LogP contribution in [0.3, 0.4) is 0 Å². The molecular formula is C13H23Cl2N3O2. The molecule has 0 aromatic heterocycles. The molecule has 20 heavy (non-hydrogen) atoms. The van der Waals surface area contributed by atoms with Crippen LogP contribution in [0.15, 0.2) is 24.3 Å². The molecule has 3 N–H and O–H groups in total. The molecule has 0 radical (unpaired) electrons. The molecule has 1 atom stereocenters. The number of likely N-dealkylation sites (N-methyl/N-ethyl adjacent to an activating group) is 1. The second-order valence-electron chi connectivity index (χ2n) is 4.14.